The van der Waals surface area contributed by atoms with E-state index in [4.69, 9.17) is 23.7 Å². The lowest BCUT2D eigenvalue weighted by Gasteiger charge is -2.58. The van der Waals surface area contributed by atoms with Crippen LogP contribution in [0.1, 0.15) is 40.0 Å². The molecule has 2 saturated heterocycles. The summed E-state index contributed by atoms with van der Waals surface area (Å²) in [4.78, 5) is 37.4. The van der Waals surface area contributed by atoms with Crippen molar-refractivity contribution in [3.05, 3.63) is 47.6 Å². The highest BCUT2D eigenvalue weighted by Gasteiger charge is 2.83. The third-order valence-electron chi connectivity index (χ3n) is 8.73. The average Bonchev–Trinajstić information content (AvgIpc) is 3.59. The van der Waals surface area contributed by atoms with Crippen molar-refractivity contribution in [1.29, 1.82) is 0 Å². The van der Waals surface area contributed by atoms with Crippen molar-refractivity contribution >= 4 is 17.9 Å². The molecule has 36 heavy (non-hydrogen) atoms. The van der Waals surface area contributed by atoms with Crippen molar-refractivity contribution in [1.82, 2.24) is 0 Å². The average molecular weight is 501 g/mol. The first-order valence-electron chi connectivity index (χ1n) is 12.3. The molecule has 0 unspecified atom stereocenters. The number of aliphatic hydroxyl groups excluding tert-OH is 1. The molecule has 1 N–H and O–H groups in total. The summed E-state index contributed by atoms with van der Waals surface area (Å²) < 4.78 is 29.5. The van der Waals surface area contributed by atoms with E-state index in [2.05, 4.69) is 0 Å². The Kier molecular flexibility index (Phi) is 6.21. The van der Waals surface area contributed by atoms with Gasteiger partial charge in [0.15, 0.2) is 0 Å². The summed E-state index contributed by atoms with van der Waals surface area (Å²) in [7, 11) is 0. The highest BCUT2D eigenvalue weighted by atomic mass is 16.6. The maximum Gasteiger partial charge on any atom is 0.331 e. The number of allylic oxidation sites excluding steroid dienone is 2. The molecule has 3 aliphatic heterocycles. The molecule has 5 rings (SSSR count). The van der Waals surface area contributed by atoms with Crippen LogP contribution >= 0.6 is 0 Å². The molecular formula is C27H32O9. The number of esters is 3. The number of rotatable bonds is 0. The fourth-order valence-corrected chi connectivity index (χ4v) is 6.46. The van der Waals surface area contributed by atoms with Crippen LogP contribution in [-0.2, 0) is 38.1 Å². The Morgan fingerprint density at radius 1 is 0.972 bits per heavy atom. The molecule has 194 valence electrons. The Bertz CT molecular complexity index is 1080. The molecule has 9 nitrogen and oxygen atoms in total. The summed E-state index contributed by atoms with van der Waals surface area (Å²) in [5.41, 5.74) is -0.880. The predicted octanol–water partition coefficient (Wildman–Crippen LogP) is 2.09. The van der Waals surface area contributed by atoms with Crippen molar-refractivity contribution in [3.8, 4) is 0 Å². The van der Waals surface area contributed by atoms with Crippen molar-refractivity contribution in [3.63, 3.8) is 0 Å². The highest BCUT2D eigenvalue weighted by Crippen LogP contribution is 2.72. The monoisotopic (exact) mass is 500 g/mol. The lowest BCUT2D eigenvalue weighted by atomic mass is 9.51. The number of ether oxygens (including phenoxy) is 5. The van der Waals surface area contributed by atoms with Crippen LogP contribution in [0.4, 0.5) is 0 Å². The van der Waals surface area contributed by atoms with Gasteiger partial charge in [0.1, 0.15) is 18.3 Å². The van der Waals surface area contributed by atoms with E-state index in [1.165, 1.54) is 30.4 Å². The molecule has 2 aliphatic carbocycles. The van der Waals surface area contributed by atoms with Gasteiger partial charge in [-0.05, 0) is 25.8 Å². The number of epoxide rings is 1. The number of cyclic esters (lactones) is 2. The van der Waals surface area contributed by atoms with Gasteiger partial charge in [0.25, 0.3) is 0 Å². The maximum absolute atomic E-state index is 12.8. The molecule has 7 atom stereocenters. The summed E-state index contributed by atoms with van der Waals surface area (Å²) in [5, 5.41) is 10.9. The summed E-state index contributed by atoms with van der Waals surface area (Å²) in [5.74, 6) is -1.67. The zero-order chi connectivity index (χ0) is 25.7. The van der Waals surface area contributed by atoms with Crippen LogP contribution in [0.5, 0.6) is 0 Å². The van der Waals surface area contributed by atoms with Crippen molar-refractivity contribution in [2.75, 3.05) is 19.8 Å². The van der Waals surface area contributed by atoms with Crippen LogP contribution in [0.25, 0.3) is 0 Å². The van der Waals surface area contributed by atoms with Gasteiger partial charge in [-0.3, -0.25) is 0 Å². The maximum atomic E-state index is 12.8. The fraction of sp³-hybridized carbons (Fsp3) is 0.593. The molecule has 0 aromatic carbocycles. The molecule has 3 fully saturated rings. The highest BCUT2D eigenvalue weighted by molar-refractivity contribution is 5.85. The van der Waals surface area contributed by atoms with Gasteiger partial charge in [-0.15, -0.1) is 0 Å². The van der Waals surface area contributed by atoms with Gasteiger partial charge in [0.05, 0.1) is 36.9 Å². The first-order valence-corrected chi connectivity index (χ1v) is 12.3. The summed E-state index contributed by atoms with van der Waals surface area (Å²) in [6.45, 7) is 6.10. The van der Waals surface area contributed by atoms with Crippen LogP contribution in [0.3, 0.4) is 0 Å². The van der Waals surface area contributed by atoms with Gasteiger partial charge in [-0.25, -0.2) is 14.4 Å². The molecule has 3 heterocycles. The van der Waals surface area contributed by atoms with Gasteiger partial charge < -0.3 is 28.8 Å². The standard InChI is InChI=1S/C27H32O9/c1-16-8-9-32-22(29)6-4-5-7-23(30)36-19-12-21-27(15-34-27)25(19,3)26(14-33-24(31)10-16)13-18(28)17(2)11-20(26)35-21/h4-7,10-11,18-21,28H,8-9,12-15H2,1-3H3/b6-4+,7-5-,16-10?/t18-,19+,20+,21+,25+,26+,27-/m0/s1. The first kappa shape index (κ1) is 24.9. The van der Waals surface area contributed by atoms with E-state index >= 15 is 0 Å². The first-order chi connectivity index (χ1) is 17.1. The van der Waals surface area contributed by atoms with E-state index in [0.29, 0.717) is 25.0 Å². The minimum atomic E-state index is -0.887. The summed E-state index contributed by atoms with van der Waals surface area (Å²) >= 11 is 0. The van der Waals surface area contributed by atoms with Crippen LogP contribution in [0.2, 0.25) is 0 Å². The molecule has 0 radical (unpaired) electrons. The molecule has 0 aromatic heterocycles. The third-order valence-corrected chi connectivity index (χ3v) is 8.73. The molecule has 2 bridgehead atoms. The summed E-state index contributed by atoms with van der Waals surface area (Å²) in [6, 6.07) is 0. The van der Waals surface area contributed by atoms with Crippen molar-refractivity contribution in [2.24, 2.45) is 10.8 Å². The Morgan fingerprint density at radius 2 is 1.69 bits per heavy atom. The third kappa shape index (κ3) is 3.84. The normalized spacial score (nSPS) is 44.6. The molecule has 5 aliphatic rings. The molecule has 0 aromatic rings. The van der Waals surface area contributed by atoms with Crippen LogP contribution in [0.15, 0.2) is 47.6 Å². The molecule has 2 spiro atoms. The van der Waals surface area contributed by atoms with E-state index in [1.54, 1.807) is 6.92 Å². The molecule has 0 amide bonds. The number of hydrogen-bond acceptors (Lipinski definition) is 9. The largest absolute Gasteiger partial charge is 0.462 e. The second kappa shape index (κ2) is 8.97. The van der Waals surface area contributed by atoms with E-state index in [-0.39, 0.29) is 25.7 Å². The number of carbonyl (C=O) groups is 3. The van der Waals surface area contributed by atoms with Crippen LogP contribution in [0, 0.1) is 10.8 Å². The second-order valence-corrected chi connectivity index (χ2v) is 10.6. The smallest absolute Gasteiger partial charge is 0.331 e. The van der Waals surface area contributed by atoms with E-state index < -0.39 is 52.7 Å². The topological polar surface area (TPSA) is 121 Å². The number of hydrogen-bond donors (Lipinski definition) is 1. The molecular weight excluding hydrogens is 468 g/mol. The number of aliphatic hydroxyl groups is 1. The molecule has 1 saturated carbocycles. The Balaban J connectivity index is 1.55. The van der Waals surface area contributed by atoms with Gasteiger partial charge >= 0.3 is 17.9 Å². The zero-order valence-electron chi connectivity index (χ0n) is 20.7. The van der Waals surface area contributed by atoms with Gasteiger partial charge in [0.2, 0.25) is 0 Å². The van der Waals surface area contributed by atoms with Gasteiger partial charge in [-0.2, -0.15) is 0 Å². The summed E-state index contributed by atoms with van der Waals surface area (Å²) in [6.07, 6.45) is 7.53. The van der Waals surface area contributed by atoms with Gasteiger partial charge in [0, 0.05) is 36.5 Å². The van der Waals surface area contributed by atoms with E-state index in [1.807, 2.05) is 19.9 Å². The Hall–Kier alpha value is -2.75. The molecule has 9 heteroatoms. The lowest BCUT2D eigenvalue weighted by Crippen LogP contribution is -2.68. The van der Waals surface area contributed by atoms with Crippen molar-refractivity contribution in [2.45, 2.75) is 70.1 Å². The van der Waals surface area contributed by atoms with Crippen LogP contribution < -0.4 is 0 Å². The second-order valence-electron chi connectivity index (χ2n) is 10.6. The minimum absolute atomic E-state index is 0.0446. The quantitative estimate of drug-likeness (QED) is 0.231. The lowest BCUT2D eigenvalue weighted by molar-refractivity contribution is -0.238. The van der Waals surface area contributed by atoms with E-state index in [0.717, 1.165) is 5.57 Å². The fourth-order valence-electron chi connectivity index (χ4n) is 6.46. The van der Waals surface area contributed by atoms with Gasteiger partial charge in [-0.1, -0.05) is 30.7 Å². The SMILES string of the molecule is CC1=CC(=O)OC[C@]23C[C@H](O)C(C)=C[C@H]2O[C@@H]2C[C@@H](OC(=O)/C=C\C=C\C(=O)OCC1)[C@@]3(C)[C@]21CO1. The zero-order valence-corrected chi connectivity index (χ0v) is 20.7. The Morgan fingerprint density at radius 3 is 2.42 bits per heavy atom. The van der Waals surface area contributed by atoms with Crippen molar-refractivity contribution < 1.29 is 43.2 Å². The predicted molar refractivity (Wildman–Crippen MR) is 125 cm³/mol. The van der Waals surface area contributed by atoms with E-state index in [9.17, 15) is 19.5 Å². The number of carbonyl (C=O) groups excluding carboxylic acids is 3. The Labute approximate surface area is 209 Å². The minimum Gasteiger partial charge on any atom is -0.462 e. The van der Waals surface area contributed by atoms with Crippen LogP contribution in [-0.4, -0.2) is 72.9 Å².